The van der Waals surface area contributed by atoms with Crippen LogP contribution in [0.25, 0.3) is 6.08 Å². The van der Waals surface area contributed by atoms with Crippen LogP contribution in [0.4, 0.5) is 5.69 Å². The molecule has 0 unspecified atom stereocenters. The molecule has 162 valence electrons. The summed E-state index contributed by atoms with van der Waals surface area (Å²) in [7, 11) is 3.92. The van der Waals surface area contributed by atoms with Crippen LogP contribution in [0, 0.1) is 0 Å². The molecule has 0 aliphatic carbocycles. The van der Waals surface area contributed by atoms with E-state index in [4.69, 9.17) is 4.74 Å². The van der Waals surface area contributed by atoms with Crippen LogP contribution >= 0.6 is 0 Å². The van der Waals surface area contributed by atoms with Crippen molar-refractivity contribution in [2.75, 3.05) is 25.6 Å². The molecule has 2 amide bonds. The molecule has 0 saturated heterocycles. The monoisotopic (exact) mass is 421 g/mol. The average molecular weight is 421 g/mol. The fourth-order valence-electron chi connectivity index (χ4n) is 3.44. The quantitative estimate of drug-likeness (QED) is 0.696. The van der Waals surface area contributed by atoms with Gasteiger partial charge in [-0.3, -0.25) is 14.4 Å². The first-order valence-corrected chi connectivity index (χ1v) is 10.1. The molecule has 0 bridgehead atoms. The molecule has 1 N–H and O–H groups in total. The second kappa shape index (κ2) is 9.93. The molecule has 2 aromatic rings. The molecule has 0 spiro atoms. The summed E-state index contributed by atoms with van der Waals surface area (Å²) in [5.41, 5.74) is 3.86. The van der Waals surface area contributed by atoms with Crippen LogP contribution in [0.15, 0.2) is 54.7 Å². The molecule has 0 fully saturated rings. The van der Waals surface area contributed by atoms with Crippen LogP contribution in [-0.4, -0.2) is 43.4 Å². The van der Waals surface area contributed by atoms with Gasteiger partial charge >= 0.3 is 5.97 Å². The third kappa shape index (κ3) is 5.72. The predicted octanol–water partition coefficient (Wildman–Crippen LogP) is 2.88. The zero-order chi connectivity index (χ0) is 22.4. The molecule has 0 saturated carbocycles. The number of hydrogen-bond donors (Lipinski definition) is 1. The number of carbonyl (C=O) groups is 3. The highest BCUT2D eigenvalue weighted by atomic mass is 16.5. The molecule has 2 aromatic carbocycles. The Kier molecular flexibility index (Phi) is 7.07. The molecular formula is C24H27N3O4. The smallest absolute Gasteiger partial charge is 0.308 e. The van der Waals surface area contributed by atoms with E-state index in [1.807, 2.05) is 73.6 Å². The molecular weight excluding hydrogens is 394 g/mol. The van der Waals surface area contributed by atoms with E-state index < -0.39 is 12.0 Å². The number of carbonyl (C=O) groups excluding carboxylic acids is 3. The Labute approximate surface area is 182 Å². The van der Waals surface area contributed by atoms with Gasteiger partial charge in [-0.2, -0.15) is 0 Å². The van der Waals surface area contributed by atoms with Crippen LogP contribution < -0.4 is 10.2 Å². The first kappa shape index (κ1) is 22.1. The summed E-state index contributed by atoms with van der Waals surface area (Å²) in [5, 5.41) is 2.74. The van der Waals surface area contributed by atoms with Crippen LogP contribution in [0.3, 0.4) is 0 Å². The topological polar surface area (TPSA) is 78.9 Å². The van der Waals surface area contributed by atoms with E-state index in [1.165, 1.54) is 11.8 Å². The summed E-state index contributed by atoms with van der Waals surface area (Å²) in [6.07, 6.45) is 3.49. The molecule has 7 heteroatoms. The molecule has 3 rings (SSSR count). The number of nitrogens with one attached hydrogen (secondary N) is 1. The van der Waals surface area contributed by atoms with Gasteiger partial charge in [-0.05, 0) is 34.9 Å². The highest BCUT2D eigenvalue weighted by Gasteiger charge is 2.28. The third-order valence-electron chi connectivity index (χ3n) is 5.14. The highest BCUT2D eigenvalue weighted by Crippen LogP contribution is 2.33. The first-order chi connectivity index (χ1) is 14.8. The fourth-order valence-corrected chi connectivity index (χ4v) is 3.44. The Bertz CT molecular complexity index is 983. The Morgan fingerprint density at radius 3 is 2.45 bits per heavy atom. The van der Waals surface area contributed by atoms with Crippen molar-refractivity contribution in [2.45, 2.75) is 25.9 Å². The maximum atomic E-state index is 12.4. The average Bonchev–Trinajstić information content (AvgIpc) is 2.76. The lowest BCUT2D eigenvalue weighted by molar-refractivity contribution is -0.150. The minimum Gasteiger partial charge on any atom is -0.456 e. The zero-order valence-corrected chi connectivity index (χ0v) is 18.0. The van der Waals surface area contributed by atoms with Crippen molar-refractivity contribution in [3.8, 4) is 0 Å². The largest absolute Gasteiger partial charge is 0.456 e. The van der Waals surface area contributed by atoms with Gasteiger partial charge in [0.15, 0.2) is 6.61 Å². The van der Waals surface area contributed by atoms with Crippen molar-refractivity contribution in [2.24, 2.45) is 0 Å². The van der Waals surface area contributed by atoms with Crippen molar-refractivity contribution in [3.63, 3.8) is 0 Å². The van der Waals surface area contributed by atoms with E-state index in [0.29, 0.717) is 6.54 Å². The van der Waals surface area contributed by atoms with Gasteiger partial charge in [0.1, 0.15) is 0 Å². The lowest BCUT2D eigenvalue weighted by Crippen LogP contribution is -2.33. The maximum Gasteiger partial charge on any atom is 0.308 e. The second-order valence-electron chi connectivity index (χ2n) is 7.59. The standard InChI is InChI=1S/C24H27N3O4/c1-17(28)27-13-12-19-6-4-5-7-21(19)22(27)14-24(30)31-16-23(29)25-15-18-8-10-20(11-9-18)26(2)3/h4-13,22H,14-16H2,1-3H3,(H,25,29)/t22-/m1/s1. The maximum absolute atomic E-state index is 12.4. The molecule has 7 nitrogen and oxygen atoms in total. The van der Waals surface area contributed by atoms with E-state index >= 15 is 0 Å². The normalized spacial score (nSPS) is 14.5. The first-order valence-electron chi connectivity index (χ1n) is 10.1. The van der Waals surface area contributed by atoms with Gasteiger partial charge in [0.05, 0.1) is 12.5 Å². The van der Waals surface area contributed by atoms with E-state index in [0.717, 1.165) is 22.4 Å². The molecule has 1 heterocycles. The molecule has 1 atom stereocenters. The highest BCUT2D eigenvalue weighted by molar-refractivity contribution is 5.82. The van der Waals surface area contributed by atoms with Gasteiger partial charge in [0.2, 0.25) is 5.91 Å². The van der Waals surface area contributed by atoms with Crippen molar-refractivity contribution in [1.82, 2.24) is 10.2 Å². The number of fused-ring (bicyclic) bond motifs is 1. The Morgan fingerprint density at radius 1 is 1.06 bits per heavy atom. The summed E-state index contributed by atoms with van der Waals surface area (Å²) in [6.45, 7) is 1.44. The van der Waals surface area contributed by atoms with E-state index in [1.54, 1.807) is 6.20 Å². The van der Waals surface area contributed by atoms with E-state index in [9.17, 15) is 14.4 Å². The number of anilines is 1. The number of nitrogens with zero attached hydrogens (tertiary/aromatic N) is 2. The number of hydrogen-bond acceptors (Lipinski definition) is 5. The minimum atomic E-state index is -0.535. The Morgan fingerprint density at radius 2 is 1.77 bits per heavy atom. The summed E-state index contributed by atoms with van der Waals surface area (Å²) in [5.74, 6) is -1.08. The van der Waals surface area contributed by atoms with Crippen molar-refractivity contribution in [1.29, 1.82) is 0 Å². The predicted molar refractivity (Wildman–Crippen MR) is 119 cm³/mol. The third-order valence-corrected chi connectivity index (χ3v) is 5.14. The fraction of sp³-hybridized carbons (Fsp3) is 0.292. The summed E-state index contributed by atoms with van der Waals surface area (Å²) < 4.78 is 5.17. The number of rotatable bonds is 7. The van der Waals surface area contributed by atoms with Gasteiger partial charge in [-0.15, -0.1) is 0 Å². The van der Waals surface area contributed by atoms with Crippen LogP contribution in [0.1, 0.15) is 36.1 Å². The molecule has 0 radical (unpaired) electrons. The Balaban J connectivity index is 1.51. The number of ether oxygens (including phenoxy) is 1. The molecule has 31 heavy (non-hydrogen) atoms. The van der Waals surface area contributed by atoms with Gasteiger partial charge < -0.3 is 19.9 Å². The Hall–Kier alpha value is -3.61. The lowest BCUT2D eigenvalue weighted by Gasteiger charge is -2.32. The lowest BCUT2D eigenvalue weighted by atomic mass is 9.94. The van der Waals surface area contributed by atoms with Gasteiger partial charge in [0, 0.05) is 39.5 Å². The SMILES string of the molecule is CC(=O)N1C=Cc2ccccc2[C@H]1CC(=O)OCC(=O)NCc1ccc(N(C)C)cc1. The van der Waals surface area contributed by atoms with Crippen molar-refractivity contribution in [3.05, 3.63) is 71.4 Å². The van der Waals surface area contributed by atoms with Gasteiger partial charge in [-0.25, -0.2) is 0 Å². The summed E-state index contributed by atoms with van der Waals surface area (Å²) >= 11 is 0. The van der Waals surface area contributed by atoms with Crippen molar-refractivity contribution < 1.29 is 19.1 Å². The molecule has 0 aromatic heterocycles. The summed E-state index contributed by atoms with van der Waals surface area (Å²) in [4.78, 5) is 40.0. The number of benzene rings is 2. The van der Waals surface area contributed by atoms with Crippen LogP contribution in [0.5, 0.6) is 0 Å². The zero-order valence-electron chi connectivity index (χ0n) is 18.0. The van der Waals surface area contributed by atoms with Crippen LogP contribution in [-0.2, 0) is 25.7 Å². The summed E-state index contributed by atoms with van der Waals surface area (Å²) in [6, 6.07) is 15.0. The van der Waals surface area contributed by atoms with E-state index in [2.05, 4.69) is 5.32 Å². The minimum absolute atomic E-state index is 0.0276. The number of esters is 1. The van der Waals surface area contributed by atoms with Gasteiger partial charge in [0.25, 0.3) is 5.91 Å². The molecule has 1 aliphatic heterocycles. The van der Waals surface area contributed by atoms with Crippen LogP contribution in [0.2, 0.25) is 0 Å². The van der Waals surface area contributed by atoms with Gasteiger partial charge in [-0.1, -0.05) is 36.4 Å². The van der Waals surface area contributed by atoms with E-state index in [-0.39, 0.29) is 24.8 Å². The number of amides is 2. The molecule has 1 aliphatic rings. The van der Waals surface area contributed by atoms with Crippen molar-refractivity contribution >= 4 is 29.5 Å². The second-order valence-corrected chi connectivity index (χ2v) is 7.59.